The Morgan fingerprint density at radius 2 is 2.14 bits per heavy atom. The Labute approximate surface area is 137 Å². The zero-order chi connectivity index (χ0) is 15.3. The van der Waals surface area contributed by atoms with Gasteiger partial charge in [-0.15, -0.1) is 11.3 Å². The molecule has 2 fully saturated rings. The van der Waals surface area contributed by atoms with Crippen LogP contribution in [0.4, 0.5) is 9.93 Å². The largest absolute Gasteiger partial charge is 0.323 e. The van der Waals surface area contributed by atoms with Crippen LogP contribution in [-0.4, -0.2) is 53.0 Å². The fourth-order valence-corrected chi connectivity index (χ4v) is 5.58. The summed E-state index contributed by atoms with van der Waals surface area (Å²) in [6.45, 7) is 3.76. The molecule has 2 aliphatic heterocycles. The molecule has 0 spiro atoms. The number of hydrogen-bond acceptors (Lipinski definition) is 5. The van der Waals surface area contributed by atoms with Crippen molar-refractivity contribution in [1.82, 2.24) is 14.8 Å². The second kappa shape index (κ2) is 5.47. The number of carbonyl (C=O) groups is 1. The van der Waals surface area contributed by atoms with Crippen LogP contribution in [0.15, 0.2) is 6.07 Å². The van der Waals surface area contributed by atoms with Gasteiger partial charge in [0.15, 0.2) is 5.13 Å². The Morgan fingerprint density at radius 1 is 1.32 bits per heavy atom. The van der Waals surface area contributed by atoms with Crippen LogP contribution in [0.25, 0.3) is 9.53 Å². The van der Waals surface area contributed by atoms with E-state index in [1.807, 2.05) is 4.90 Å². The van der Waals surface area contributed by atoms with Gasteiger partial charge in [0, 0.05) is 30.1 Å². The molecule has 2 aromatic heterocycles. The molecule has 2 bridgehead atoms. The molecule has 0 radical (unpaired) electrons. The molecule has 2 aromatic rings. The third-order valence-electron chi connectivity index (χ3n) is 4.86. The van der Waals surface area contributed by atoms with E-state index in [0.717, 1.165) is 29.0 Å². The average molecular weight is 336 g/mol. The predicted octanol–water partition coefficient (Wildman–Crippen LogP) is 3.37. The van der Waals surface area contributed by atoms with Gasteiger partial charge in [0.25, 0.3) is 0 Å². The van der Waals surface area contributed by atoms with Crippen molar-refractivity contribution in [3.8, 4) is 0 Å². The number of aromatic nitrogens is 1. The molecule has 4 heterocycles. The first-order valence-electron chi connectivity index (χ1n) is 7.75. The lowest BCUT2D eigenvalue weighted by Crippen LogP contribution is -2.41. The molecule has 118 valence electrons. The van der Waals surface area contributed by atoms with E-state index in [2.05, 4.69) is 35.2 Å². The maximum Gasteiger partial charge on any atom is 0.323 e. The molecule has 22 heavy (non-hydrogen) atoms. The van der Waals surface area contributed by atoms with Crippen molar-refractivity contribution in [1.29, 1.82) is 0 Å². The molecule has 0 saturated carbocycles. The van der Waals surface area contributed by atoms with Gasteiger partial charge in [-0.3, -0.25) is 10.2 Å². The number of likely N-dealkylation sites (tertiary alicyclic amines) is 1. The molecule has 5 nitrogen and oxygen atoms in total. The lowest BCUT2D eigenvalue weighted by Gasteiger charge is -2.25. The number of rotatable bonds is 1. The molecular weight excluding hydrogens is 316 g/mol. The number of urea groups is 1. The number of thiophene rings is 1. The number of likely N-dealkylation sites (N-methyl/N-ethyl adjacent to an activating group) is 1. The summed E-state index contributed by atoms with van der Waals surface area (Å²) in [6, 6.07) is 3.29. The van der Waals surface area contributed by atoms with Crippen LogP contribution in [-0.2, 0) is 0 Å². The van der Waals surface area contributed by atoms with Gasteiger partial charge in [-0.05, 0) is 39.3 Å². The Kier molecular flexibility index (Phi) is 3.58. The molecule has 2 unspecified atom stereocenters. The van der Waals surface area contributed by atoms with Crippen molar-refractivity contribution < 1.29 is 4.79 Å². The van der Waals surface area contributed by atoms with Crippen LogP contribution in [0.5, 0.6) is 0 Å². The normalized spacial score (nSPS) is 25.6. The third-order valence-corrected chi connectivity index (χ3v) is 6.85. The van der Waals surface area contributed by atoms with E-state index in [9.17, 15) is 4.79 Å². The number of anilines is 1. The quantitative estimate of drug-likeness (QED) is 0.868. The molecule has 0 aromatic carbocycles. The van der Waals surface area contributed by atoms with Crippen LogP contribution in [0.3, 0.4) is 0 Å². The molecule has 1 N–H and O–H groups in total. The van der Waals surface area contributed by atoms with E-state index in [0.29, 0.717) is 17.2 Å². The average Bonchev–Trinajstić information content (AvgIpc) is 3.02. The van der Waals surface area contributed by atoms with Crippen molar-refractivity contribution in [2.45, 2.75) is 38.3 Å². The predicted molar refractivity (Wildman–Crippen MR) is 92.0 cm³/mol. The van der Waals surface area contributed by atoms with Gasteiger partial charge in [0.2, 0.25) is 0 Å². The maximum atomic E-state index is 12.5. The van der Waals surface area contributed by atoms with Gasteiger partial charge < -0.3 is 4.90 Å². The molecule has 2 amide bonds. The minimum atomic E-state index is -0.000856. The minimum Gasteiger partial charge on any atom is -0.323 e. The van der Waals surface area contributed by atoms with E-state index >= 15 is 0 Å². The highest BCUT2D eigenvalue weighted by Gasteiger charge is 2.36. The molecule has 4 rings (SSSR count). The lowest BCUT2D eigenvalue weighted by atomic mass is 10.1. The van der Waals surface area contributed by atoms with Crippen LogP contribution in [0.2, 0.25) is 0 Å². The number of hydrogen-bond donors (Lipinski definition) is 1. The van der Waals surface area contributed by atoms with Gasteiger partial charge in [-0.25, -0.2) is 9.78 Å². The van der Waals surface area contributed by atoms with Crippen molar-refractivity contribution in [2.24, 2.45) is 0 Å². The molecule has 7 heteroatoms. The fraction of sp³-hybridized carbons (Fsp3) is 0.600. The summed E-state index contributed by atoms with van der Waals surface area (Å²) >= 11 is 3.24. The summed E-state index contributed by atoms with van der Waals surface area (Å²) < 4.78 is 1.16. The van der Waals surface area contributed by atoms with Crippen LogP contribution in [0.1, 0.15) is 24.1 Å². The van der Waals surface area contributed by atoms with Gasteiger partial charge in [-0.1, -0.05) is 11.3 Å². The molecule has 2 aliphatic rings. The third kappa shape index (κ3) is 2.51. The summed E-state index contributed by atoms with van der Waals surface area (Å²) in [6.07, 6.45) is 3.56. The standard InChI is InChI=1S/C15H20N4OS2/c1-9-7-12-13(21-9)16-14(22-12)17-15(20)19-6-5-10-3-4-11(8-19)18(10)2/h7,10-11H,3-6,8H2,1-2H3,(H,16,17,20). The van der Waals surface area contributed by atoms with E-state index in [-0.39, 0.29) is 6.03 Å². The smallest absolute Gasteiger partial charge is 0.323 e. The number of amides is 2. The second-order valence-electron chi connectivity index (χ2n) is 6.26. The van der Waals surface area contributed by atoms with E-state index < -0.39 is 0 Å². The van der Waals surface area contributed by atoms with E-state index in [1.54, 1.807) is 22.7 Å². The second-order valence-corrected chi connectivity index (χ2v) is 8.53. The number of thiazole rings is 1. The van der Waals surface area contributed by atoms with Crippen molar-refractivity contribution >= 4 is 43.4 Å². The number of carbonyl (C=O) groups excluding carboxylic acids is 1. The highest BCUT2D eigenvalue weighted by Crippen LogP contribution is 2.33. The number of aryl methyl sites for hydroxylation is 1. The Hall–Kier alpha value is -1.18. The van der Waals surface area contributed by atoms with Gasteiger partial charge >= 0.3 is 6.03 Å². The summed E-state index contributed by atoms with van der Waals surface area (Å²) in [5.41, 5.74) is 0. The van der Waals surface area contributed by atoms with Crippen LogP contribution in [0, 0.1) is 6.92 Å². The Balaban J connectivity index is 1.46. The summed E-state index contributed by atoms with van der Waals surface area (Å²) in [5.74, 6) is 0. The van der Waals surface area contributed by atoms with Crippen molar-refractivity contribution in [2.75, 3.05) is 25.5 Å². The fourth-order valence-electron chi connectivity index (χ4n) is 3.57. The minimum absolute atomic E-state index is 0.000856. The maximum absolute atomic E-state index is 12.5. The van der Waals surface area contributed by atoms with E-state index in [1.165, 1.54) is 17.7 Å². The molecule has 0 aliphatic carbocycles. The molecule has 2 atom stereocenters. The van der Waals surface area contributed by atoms with Gasteiger partial charge in [0.05, 0.1) is 4.70 Å². The lowest BCUT2D eigenvalue weighted by molar-refractivity contribution is 0.200. The summed E-state index contributed by atoms with van der Waals surface area (Å²) in [7, 11) is 2.20. The van der Waals surface area contributed by atoms with E-state index in [4.69, 9.17) is 0 Å². The van der Waals surface area contributed by atoms with Crippen molar-refractivity contribution in [3.05, 3.63) is 10.9 Å². The first-order chi connectivity index (χ1) is 10.6. The van der Waals surface area contributed by atoms with Gasteiger partial charge in [0.1, 0.15) is 4.83 Å². The van der Waals surface area contributed by atoms with Crippen molar-refractivity contribution in [3.63, 3.8) is 0 Å². The monoisotopic (exact) mass is 336 g/mol. The zero-order valence-corrected chi connectivity index (χ0v) is 14.5. The van der Waals surface area contributed by atoms with Crippen LogP contribution < -0.4 is 5.32 Å². The molecular formula is C15H20N4OS2. The number of fused-ring (bicyclic) bond motifs is 3. The topological polar surface area (TPSA) is 48.5 Å². The zero-order valence-electron chi connectivity index (χ0n) is 12.8. The van der Waals surface area contributed by atoms with Crippen LogP contribution >= 0.6 is 22.7 Å². The summed E-state index contributed by atoms with van der Waals surface area (Å²) in [4.78, 5) is 23.8. The Morgan fingerprint density at radius 3 is 2.95 bits per heavy atom. The highest BCUT2D eigenvalue weighted by molar-refractivity contribution is 7.29. The summed E-state index contributed by atoms with van der Waals surface area (Å²) in [5, 5.41) is 3.71. The highest BCUT2D eigenvalue weighted by atomic mass is 32.1. The Bertz CT molecular complexity index is 678. The van der Waals surface area contributed by atoms with Gasteiger partial charge in [-0.2, -0.15) is 0 Å². The molecule has 2 saturated heterocycles. The number of nitrogens with one attached hydrogen (secondary N) is 1. The SMILES string of the molecule is Cc1cc2sc(NC(=O)N3CCC4CCC(C3)N4C)nc2s1. The number of nitrogens with zero attached hydrogens (tertiary/aromatic N) is 3. The first-order valence-corrected chi connectivity index (χ1v) is 9.38. The first kappa shape index (κ1) is 14.4.